The molecule has 0 atom stereocenters. The number of hydrogen-bond acceptors (Lipinski definition) is 4. The van der Waals surface area contributed by atoms with E-state index in [2.05, 4.69) is 73.6 Å². The SMILES string of the molecule is c1ccc(C2CCN(c3ncnc4ccc(-c5cn[nH]c5)cc34)CC2)cc1. The molecule has 1 aliphatic heterocycles. The summed E-state index contributed by atoms with van der Waals surface area (Å²) in [7, 11) is 0. The summed E-state index contributed by atoms with van der Waals surface area (Å²) in [5.74, 6) is 1.67. The Morgan fingerprint density at radius 1 is 0.926 bits per heavy atom. The van der Waals surface area contributed by atoms with Gasteiger partial charge in [-0.15, -0.1) is 0 Å². The standard InChI is InChI=1S/C22H21N5/c1-2-4-16(5-3-1)17-8-10-27(11-9-17)22-20-12-18(19-13-25-26-14-19)6-7-21(20)23-15-24-22/h1-7,12-15,17H,8-11H2,(H,25,26). The van der Waals surface area contributed by atoms with Gasteiger partial charge in [0.15, 0.2) is 0 Å². The van der Waals surface area contributed by atoms with Crippen molar-refractivity contribution in [2.45, 2.75) is 18.8 Å². The van der Waals surface area contributed by atoms with Crippen molar-refractivity contribution in [3.05, 3.63) is 72.8 Å². The topological polar surface area (TPSA) is 57.7 Å². The van der Waals surface area contributed by atoms with Gasteiger partial charge in [-0.2, -0.15) is 5.10 Å². The van der Waals surface area contributed by atoms with Crippen LogP contribution in [-0.2, 0) is 0 Å². The predicted molar refractivity (Wildman–Crippen MR) is 108 cm³/mol. The molecule has 5 heteroatoms. The third-order valence-corrected chi connectivity index (χ3v) is 5.51. The van der Waals surface area contributed by atoms with Crippen LogP contribution in [0.2, 0.25) is 0 Å². The van der Waals surface area contributed by atoms with Gasteiger partial charge in [-0.05, 0) is 42.0 Å². The molecule has 1 aliphatic rings. The third-order valence-electron chi connectivity index (χ3n) is 5.51. The van der Waals surface area contributed by atoms with Crippen LogP contribution in [0.5, 0.6) is 0 Å². The monoisotopic (exact) mass is 355 g/mol. The number of nitrogens with one attached hydrogen (secondary N) is 1. The van der Waals surface area contributed by atoms with Gasteiger partial charge in [-0.25, -0.2) is 9.97 Å². The minimum absolute atomic E-state index is 0.636. The molecule has 0 unspecified atom stereocenters. The molecule has 2 aromatic heterocycles. The Kier molecular flexibility index (Phi) is 4.05. The number of aromatic amines is 1. The fourth-order valence-corrected chi connectivity index (χ4v) is 4.03. The molecular weight excluding hydrogens is 334 g/mol. The molecule has 5 rings (SSSR count). The molecule has 1 fully saturated rings. The van der Waals surface area contributed by atoms with Crippen molar-refractivity contribution in [1.29, 1.82) is 0 Å². The average molecular weight is 355 g/mol. The highest BCUT2D eigenvalue weighted by Crippen LogP contribution is 2.33. The molecule has 2 aromatic carbocycles. The van der Waals surface area contributed by atoms with Crippen molar-refractivity contribution in [2.75, 3.05) is 18.0 Å². The Labute approximate surface area is 158 Å². The van der Waals surface area contributed by atoms with Crippen molar-refractivity contribution in [1.82, 2.24) is 20.2 Å². The minimum atomic E-state index is 0.636. The summed E-state index contributed by atoms with van der Waals surface area (Å²) in [6, 6.07) is 17.2. The lowest BCUT2D eigenvalue weighted by atomic mass is 9.89. The molecule has 27 heavy (non-hydrogen) atoms. The van der Waals surface area contributed by atoms with E-state index in [1.54, 1.807) is 6.33 Å². The second kappa shape index (κ2) is 6.83. The predicted octanol–water partition coefficient (Wildman–Crippen LogP) is 4.40. The Balaban J connectivity index is 1.44. The smallest absolute Gasteiger partial charge is 0.139 e. The van der Waals surface area contributed by atoms with Crippen LogP contribution in [0.3, 0.4) is 0 Å². The first-order chi connectivity index (χ1) is 13.4. The van der Waals surface area contributed by atoms with Crippen molar-refractivity contribution < 1.29 is 0 Å². The van der Waals surface area contributed by atoms with E-state index in [0.29, 0.717) is 5.92 Å². The van der Waals surface area contributed by atoms with E-state index in [0.717, 1.165) is 53.8 Å². The second-order valence-electron chi connectivity index (χ2n) is 7.09. The highest BCUT2D eigenvalue weighted by molar-refractivity contribution is 5.92. The maximum Gasteiger partial charge on any atom is 0.139 e. The van der Waals surface area contributed by atoms with Gasteiger partial charge in [0.2, 0.25) is 0 Å². The number of aromatic nitrogens is 4. The van der Waals surface area contributed by atoms with Crippen LogP contribution in [0.15, 0.2) is 67.3 Å². The first kappa shape index (κ1) is 16.0. The molecule has 4 aromatic rings. The molecule has 0 amide bonds. The summed E-state index contributed by atoms with van der Waals surface area (Å²) in [4.78, 5) is 11.5. The van der Waals surface area contributed by atoms with E-state index in [4.69, 9.17) is 0 Å². The van der Waals surface area contributed by atoms with E-state index in [9.17, 15) is 0 Å². The molecule has 3 heterocycles. The first-order valence-electron chi connectivity index (χ1n) is 9.42. The summed E-state index contributed by atoms with van der Waals surface area (Å²) in [6.45, 7) is 2.03. The van der Waals surface area contributed by atoms with Crippen molar-refractivity contribution >= 4 is 16.7 Å². The molecule has 1 saturated heterocycles. The van der Waals surface area contributed by atoms with Gasteiger partial charge in [0.1, 0.15) is 12.1 Å². The Morgan fingerprint density at radius 2 is 1.78 bits per heavy atom. The molecule has 0 saturated carbocycles. The van der Waals surface area contributed by atoms with Crippen LogP contribution in [0, 0.1) is 0 Å². The average Bonchev–Trinajstić information content (AvgIpc) is 3.29. The van der Waals surface area contributed by atoms with E-state index >= 15 is 0 Å². The number of H-pyrrole nitrogens is 1. The van der Waals surface area contributed by atoms with Gasteiger partial charge in [0, 0.05) is 30.2 Å². The lowest BCUT2D eigenvalue weighted by Gasteiger charge is -2.33. The Hall–Kier alpha value is -3.21. The van der Waals surface area contributed by atoms with Gasteiger partial charge in [-0.3, -0.25) is 5.10 Å². The molecule has 1 N–H and O–H groups in total. The van der Waals surface area contributed by atoms with Crippen molar-refractivity contribution in [3.8, 4) is 11.1 Å². The zero-order valence-corrected chi connectivity index (χ0v) is 15.0. The maximum absolute atomic E-state index is 4.64. The summed E-state index contributed by atoms with van der Waals surface area (Å²) in [6.07, 6.45) is 7.73. The summed E-state index contributed by atoms with van der Waals surface area (Å²) < 4.78 is 0. The van der Waals surface area contributed by atoms with Crippen molar-refractivity contribution in [3.63, 3.8) is 0 Å². The minimum Gasteiger partial charge on any atom is -0.356 e. The van der Waals surface area contributed by atoms with Gasteiger partial charge in [0.05, 0.1) is 11.7 Å². The zero-order chi connectivity index (χ0) is 18.1. The van der Waals surface area contributed by atoms with Crippen LogP contribution in [0.4, 0.5) is 5.82 Å². The third kappa shape index (κ3) is 3.05. The van der Waals surface area contributed by atoms with Gasteiger partial charge in [-0.1, -0.05) is 36.4 Å². The molecule has 0 spiro atoms. The van der Waals surface area contributed by atoms with Crippen molar-refractivity contribution in [2.24, 2.45) is 0 Å². The quantitative estimate of drug-likeness (QED) is 0.592. The molecule has 0 aliphatic carbocycles. The van der Waals surface area contributed by atoms with Gasteiger partial charge in [0.25, 0.3) is 0 Å². The largest absolute Gasteiger partial charge is 0.356 e. The van der Waals surface area contributed by atoms with E-state index in [1.807, 2.05) is 12.4 Å². The van der Waals surface area contributed by atoms with E-state index in [1.165, 1.54) is 5.56 Å². The van der Waals surface area contributed by atoms with Crippen LogP contribution >= 0.6 is 0 Å². The number of rotatable bonds is 3. The number of anilines is 1. The Morgan fingerprint density at radius 3 is 2.56 bits per heavy atom. The van der Waals surface area contributed by atoms with Gasteiger partial charge < -0.3 is 4.90 Å². The molecule has 0 radical (unpaired) electrons. The maximum atomic E-state index is 4.64. The lowest BCUT2D eigenvalue weighted by Crippen LogP contribution is -2.33. The summed E-state index contributed by atoms with van der Waals surface area (Å²) in [5, 5.41) is 8.05. The normalized spacial score (nSPS) is 15.3. The highest BCUT2D eigenvalue weighted by atomic mass is 15.2. The first-order valence-corrected chi connectivity index (χ1v) is 9.42. The number of fused-ring (bicyclic) bond motifs is 1. The number of benzene rings is 2. The fourth-order valence-electron chi connectivity index (χ4n) is 4.03. The van der Waals surface area contributed by atoms with Crippen LogP contribution in [-0.4, -0.2) is 33.3 Å². The van der Waals surface area contributed by atoms with Crippen LogP contribution in [0.25, 0.3) is 22.0 Å². The zero-order valence-electron chi connectivity index (χ0n) is 15.0. The number of nitrogens with zero attached hydrogens (tertiary/aromatic N) is 4. The number of hydrogen-bond donors (Lipinski definition) is 1. The molecule has 5 nitrogen and oxygen atoms in total. The fraction of sp³-hybridized carbons (Fsp3) is 0.227. The van der Waals surface area contributed by atoms with E-state index < -0.39 is 0 Å². The van der Waals surface area contributed by atoms with Gasteiger partial charge >= 0.3 is 0 Å². The second-order valence-corrected chi connectivity index (χ2v) is 7.09. The Bertz CT molecular complexity index is 1030. The summed E-state index contributed by atoms with van der Waals surface area (Å²) in [5.41, 5.74) is 4.64. The summed E-state index contributed by atoms with van der Waals surface area (Å²) >= 11 is 0. The van der Waals surface area contributed by atoms with E-state index in [-0.39, 0.29) is 0 Å². The van der Waals surface area contributed by atoms with Crippen LogP contribution in [0.1, 0.15) is 24.3 Å². The van der Waals surface area contributed by atoms with Crippen LogP contribution < -0.4 is 4.90 Å². The molecule has 134 valence electrons. The molecule has 0 bridgehead atoms. The number of piperidine rings is 1. The lowest BCUT2D eigenvalue weighted by molar-refractivity contribution is 0.503. The highest BCUT2D eigenvalue weighted by Gasteiger charge is 2.22. The molecular formula is C22H21N5.